The molecule has 9 rings (SSSR count). The molecule has 0 bridgehead atoms. The number of carbonyl (C=O) groups excluding carboxylic acids is 4. The molecule has 3 saturated heterocycles. The van der Waals surface area contributed by atoms with E-state index in [9.17, 15) is 9.90 Å². The minimum absolute atomic E-state index is 0.000722. The molecule has 3 amide bonds. The molecule has 4 saturated carbocycles. The van der Waals surface area contributed by atoms with E-state index in [0.717, 1.165) is 115 Å². The molecule has 0 aromatic rings. The van der Waals surface area contributed by atoms with Crippen molar-refractivity contribution >= 4 is 35.6 Å². The lowest BCUT2D eigenvalue weighted by molar-refractivity contribution is -0.190. The van der Waals surface area contributed by atoms with Gasteiger partial charge in [0.05, 0.1) is 37.9 Å². The number of fused-ring (bicyclic) bond motifs is 3. The van der Waals surface area contributed by atoms with E-state index < -0.39 is 35.4 Å². The first kappa shape index (κ1) is 43.0. The molecule has 0 radical (unpaired) electrons. The maximum Gasteiger partial charge on any atom is 0.421 e. The summed E-state index contributed by atoms with van der Waals surface area (Å²) < 4.78 is 24.0. The summed E-state index contributed by atoms with van der Waals surface area (Å²) in [5.74, 6) is -1.74. The van der Waals surface area contributed by atoms with Crippen molar-refractivity contribution in [3.05, 3.63) is 11.3 Å². The molecule has 13 nitrogen and oxygen atoms in total. The Balaban J connectivity index is 1.20. The zero-order chi connectivity index (χ0) is 41.4. The number of methoxy groups -OCH3 is 1. The normalized spacial score (nSPS) is 39.1. The number of morpholine rings is 1. The van der Waals surface area contributed by atoms with Gasteiger partial charge in [-0.3, -0.25) is 24.6 Å². The number of imide groups is 1. The Bertz CT molecular complexity index is 1600. The average Bonchev–Trinajstić information content (AvgIpc) is 3.92. The minimum atomic E-state index is -1.46. The lowest BCUT2D eigenvalue weighted by Gasteiger charge is -2.53. The minimum Gasteiger partial charge on any atom is -0.459 e. The number of esters is 1. The molecule has 334 valence electrons. The zero-order valence-corrected chi connectivity index (χ0v) is 36.6. The van der Waals surface area contributed by atoms with Crippen LogP contribution in [0.5, 0.6) is 0 Å². The Kier molecular flexibility index (Phi) is 13.5. The van der Waals surface area contributed by atoms with Crippen LogP contribution < -0.4 is 10.6 Å². The number of aliphatic hydroxyl groups is 1. The summed E-state index contributed by atoms with van der Waals surface area (Å²) in [5.41, 5.74) is -0.269. The number of rotatable bonds is 11. The second-order valence-electron chi connectivity index (χ2n) is 19.5. The molecular formula is C46H70N4O9S. The fourth-order valence-electron chi connectivity index (χ4n) is 13.9. The summed E-state index contributed by atoms with van der Waals surface area (Å²) in [4.78, 5) is 65.4. The molecule has 0 aromatic heterocycles. The number of aliphatic hydroxyl groups excluding tert-OH is 1. The number of hydrogen-bond acceptors (Lipinski definition) is 12. The highest BCUT2D eigenvalue weighted by molar-refractivity contribution is 8.00. The fourth-order valence-corrected chi connectivity index (χ4v) is 15.4. The summed E-state index contributed by atoms with van der Waals surface area (Å²) in [6.07, 6.45) is 20.1. The smallest absolute Gasteiger partial charge is 0.421 e. The van der Waals surface area contributed by atoms with Gasteiger partial charge >= 0.3 is 12.1 Å². The van der Waals surface area contributed by atoms with Crippen LogP contribution in [0.15, 0.2) is 11.3 Å². The highest BCUT2D eigenvalue weighted by Gasteiger charge is 2.77. The van der Waals surface area contributed by atoms with Gasteiger partial charge in [0.1, 0.15) is 29.7 Å². The molecule has 3 N–H and O–H groups in total. The van der Waals surface area contributed by atoms with E-state index >= 15 is 14.4 Å². The molecule has 4 heterocycles. The van der Waals surface area contributed by atoms with Gasteiger partial charge in [-0.2, -0.15) is 0 Å². The second-order valence-corrected chi connectivity index (χ2v) is 20.9. The van der Waals surface area contributed by atoms with E-state index in [2.05, 4.69) is 15.5 Å². The standard InChI is InChI=1S/C46H70N4O9S/c1-56-26-27-58-45(55)49-34-18-10-8-16-32(34)46(43(49)54)36(41(52)48-44-47-33-17-9-11-19-35(33)60-44)38-42(53)59-39(29-14-6-3-7-15-29)37(28-12-4-2-5-13-28)50(38)40(46)30-20-22-31(23-21-30)57-25-24-51/h28-31,33,35-40,44,47,51H,2-27H2,1H3,(H,48,52)/t30?,31?,33?,35?,36-,37-,38-,39+,40+,44?,46-/m0/s1. The summed E-state index contributed by atoms with van der Waals surface area (Å²) in [5, 5.41) is 17.1. The van der Waals surface area contributed by atoms with Crippen molar-refractivity contribution in [2.45, 2.75) is 188 Å². The van der Waals surface area contributed by atoms with Crippen LogP contribution in [-0.4, -0.2) is 119 Å². The average molecular weight is 855 g/mol. The number of amides is 3. The Morgan fingerprint density at radius 3 is 2.25 bits per heavy atom. The van der Waals surface area contributed by atoms with E-state index in [4.69, 9.17) is 18.9 Å². The fraction of sp³-hybridized carbons (Fsp3) is 0.870. The van der Waals surface area contributed by atoms with Crippen molar-refractivity contribution in [2.24, 2.45) is 29.1 Å². The number of ether oxygens (including phenoxy) is 4. The van der Waals surface area contributed by atoms with E-state index in [0.29, 0.717) is 29.8 Å². The predicted octanol–water partition coefficient (Wildman–Crippen LogP) is 6.16. The number of allylic oxidation sites excluding steroid dienone is 1. The first-order chi connectivity index (χ1) is 29.4. The third-order valence-electron chi connectivity index (χ3n) is 16.3. The van der Waals surface area contributed by atoms with Gasteiger partial charge < -0.3 is 29.4 Å². The van der Waals surface area contributed by atoms with Crippen molar-refractivity contribution in [2.75, 3.05) is 33.5 Å². The van der Waals surface area contributed by atoms with Crippen LogP contribution in [0.1, 0.15) is 141 Å². The molecule has 7 fully saturated rings. The van der Waals surface area contributed by atoms with Crippen LogP contribution in [-0.2, 0) is 33.3 Å². The van der Waals surface area contributed by atoms with Crippen LogP contribution in [0.2, 0.25) is 0 Å². The van der Waals surface area contributed by atoms with Crippen LogP contribution in [0.3, 0.4) is 0 Å². The molecular weight excluding hydrogens is 785 g/mol. The first-order valence-corrected chi connectivity index (χ1v) is 25.0. The van der Waals surface area contributed by atoms with Crippen molar-refractivity contribution in [3.63, 3.8) is 0 Å². The van der Waals surface area contributed by atoms with Gasteiger partial charge in [0.15, 0.2) is 0 Å². The van der Waals surface area contributed by atoms with Gasteiger partial charge in [0.25, 0.3) is 0 Å². The number of nitrogens with zero attached hydrogens (tertiary/aromatic N) is 2. The van der Waals surface area contributed by atoms with Gasteiger partial charge in [0.2, 0.25) is 11.8 Å². The molecule has 14 heteroatoms. The highest BCUT2D eigenvalue weighted by atomic mass is 32.2. The molecule has 0 aromatic carbocycles. The Morgan fingerprint density at radius 2 is 1.53 bits per heavy atom. The van der Waals surface area contributed by atoms with Crippen molar-refractivity contribution in [1.29, 1.82) is 0 Å². The van der Waals surface area contributed by atoms with E-state index in [1.165, 1.54) is 24.2 Å². The lowest BCUT2D eigenvalue weighted by Crippen LogP contribution is -2.66. The zero-order valence-electron chi connectivity index (χ0n) is 35.8. The van der Waals surface area contributed by atoms with Crippen LogP contribution >= 0.6 is 11.8 Å². The summed E-state index contributed by atoms with van der Waals surface area (Å²) in [6, 6.07) is -1.29. The van der Waals surface area contributed by atoms with Crippen molar-refractivity contribution in [1.82, 2.24) is 20.4 Å². The first-order valence-electron chi connectivity index (χ1n) is 24.0. The Hall–Kier alpha value is -2.23. The van der Waals surface area contributed by atoms with Gasteiger partial charge in [-0.25, -0.2) is 9.69 Å². The lowest BCUT2D eigenvalue weighted by atomic mass is 9.60. The Labute approximate surface area is 360 Å². The topological polar surface area (TPSA) is 156 Å². The summed E-state index contributed by atoms with van der Waals surface area (Å²) in [7, 11) is 1.55. The molecule has 9 aliphatic rings. The van der Waals surface area contributed by atoms with Gasteiger partial charge in [-0.05, 0) is 113 Å². The largest absolute Gasteiger partial charge is 0.459 e. The third kappa shape index (κ3) is 7.77. The van der Waals surface area contributed by atoms with Crippen LogP contribution in [0.25, 0.3) is 0 Å². The molecule has 60 heavy (non-hydrogen) atoms. The maximum absolute atomic E-state index is 16.2. The predicted molar refractivity (Wildman–Crippen MR) is 225 cm³/mol. The van der Waals surface area contributed by atoms with E-state index in [-0.39, 0.29) is 79.8 Å². The maximum atomic E-state index is 16.2. The second kappa shape index (κ2) is 18.9. The van der Waals surface area contributed by atoms with Gasteiger partial charge in [-0.1, -0.05) is 51.4 Å². The monoisotopic (exact) mass is 854 g/mol. The number of hydrogen-bond donors (Lipinski definition) is 3. The molecule has 9 atom stereocenters. The molecule has 3 unspecified atom stereocenters. The third-order valence-corrected chi connectivity index (χ3v) is 17.8. The number of cyclic esters (lactones) is 1. The summed E-state index contributed by atoms with van der Waals surface area (Å²) >= 11 is 1.76. The number of nitrogens with one attached hydrogen (secondary N) is 2. The molecule has 4 aliphatic heterocycles. The Morgan fingerprint density at radius 1 is 0.833 bits per heavy atom. The van der Waals surface area contributed by atoms with Crippen molar-refractivity contribution in [3.8, 4) is 0 Å². The van der Waals surface area contributed by atoms with E-state index in [1.807, 2.05) is 0 Å². The van der Waals surface area contributed by atoms with Gasteiger partial charge in [-0.15, -0.1) is 11.8 Å². The SMILES string of the molecule is COCCOC(=O)N1C(=O)[C@@]2(C3=C1CCCC3)[C@H](C(=O)NC1NC3CCCCC3S1)[C@H]1C(=O)O[C@H](C3CCCCC3)[C@H](C3CCCCC3)N1[C@@H]2C1CCC(OCCO)CC1. The number of thioether (sulfide) groups is 1. The molecule has 5 aliphatic carbocycles. The number of carbonyl (C=O) groups is 4. The van der Waals surface area contributed by atoms with Crippen LogP contribution in [0.4, 0.5) is 4.79 Å². The summed E-state index contributed by atoms with van der Waals surface area (Å²) in [6.45, 7) is 0.437. The quantitative estimate of drug-likeness (QED) is 0.161. The van der Waals surface area contributed by atoms with E-state index in [1.54, 1.807) is 18.9 Å². The van der Waals surface area contributed by atoms with Crippen molar-refractivity contribution < 1.29 is 43.2 Å². The molecule has 1 spiro atoms. The van der Waals surface area contributed by atoms with Gasteiger partial charge in [0, 0.05) is 30.1 Å². The highest BCUT2D eigenvalue weighted by Crippen LogP contribution is 2.65. The van der Waals surface area contributed by atoms with Crippen LogP contribution in [0, 0.1) is 29.1 Å².